The average Bonchev–Trinajstić information content (AvgIpc) is 2.32. The van der Waals surface area contributed by atoms with E-state index in [0.29, 0.717) is 5.69 Å². The van der Waals surface area contributed by atoms with Crippen LogP contribution < -0.4 is 5.32 Å². The minimum Gasteiger partial charge on any atom is -0.381 e. The molecule has 0 bridgehead atoms. The summed E-state index contributed by atoms with van der Waals surface area (Å²) in [5, 5.41) is 2.93. The smallest absolute Gasteiger partial charge is 0.194 e. The molecule has 6 heteroatoms. The zero-order valence-electron chi connectivity index (χ0n) is 9.48. The Hall–Kier alpha value is -1.75. The molecule has 2 rings (SSSR count). The van der Waals surface area contributed by atoms with Gasteiger partial charge in [0.05, 0.1) is 0 Å². The summed E-state index contributed by atoms with van der Waals surface area (Å²) in [6.07, 6.45) is 0. The van der Waals surface area contributed by atoms with E-state index in [4.69, 9.17) is 11.6 Å². The normalized spacial score (nSPS) is 10.6. The van der Waals surface area contributed by atoms with E-state index in [1.54, 1.807) is 0 Å². The van der Waals surface area contributed by atoms with Crippen LogP contribution in [0.25, 0.3) is 0 Å². The number of benzene rings is 2. The Kier molecular flexibility index (Phi) is 3.95. The van der Waals surface area contributed by atoms with E-state index >= 15 is 0 Å². The summed E-state index contributed by atoms with van der Waals surface area (Å²) in [6, 6.07) is 5.51. The third-order valence-corrected chi connectivity index (χ3v) is 2.62. The number of hydrogen-bond donors (Lipinski definition) is 1. The first-order valence-corrected chi connectivity index (χ1v) is 5.67. The van der Waals surface area contributed by atoms with Crippen LogP contribution in [0.2, 0.25) is 5.02 Å². The van der Waals surface area contributed by atoms with Gasteiger partial charge in [-0.25, -0.2) is 17.6 Å². The zero-order valence-corrected chi connectivity index (χ0v) is 10.2. The van der Waals surface area contributed by atoms with Crippen LogP contribution in [0.15, 0.2) is 30.3 Å². The Morgan fingerprint density at radius 3 is 2.11 bits per heavy atom. The summed E-state index contributed by atoms with van der Waals surface area (Å²) < 4.78 is 51.7. The van der Waals surface area contributed by atoms with Crippen LogP contribution in [-0.2, 0) is 6.54 Å². The van der Waals surface area contributed by atoms with E-state index in [0.717, 1.165) is 18.2 Å². The topological polar surface area (TPSA) is 12.0 Å². The molecule has 0 aliphatic rings. The molecule has 0 saturated heterocycles. The van der Waals surface area contributed by atoms with Crippen LogP contribution >= 0.6 is 11.6 Å². The second-order valence-corrected chi connectivity index (χ2v) is 4.32. The van der Waals surface area contributed by atoms with Crippen LogP contribution in [0.3, 0.4) is 0 Å². The second-order valence-electron chi connectivity index (χ2n) is 3.89. The summed E-state index contributed by atoms with van der Waals surface area (Å²) >= 11 is 5.65. The molecule has 0 unspecified atom stereocenters. The molecule has 0 radical (unpaired) electrons. The predicted molar refractivity (Wildman–Crippen MR) is 65.1 cm³/mol. The van der Waals surface area contributed by atoms with Crippen molar-refractivity contribution >= 4 is 17.3 Å². The fourth-order valence-electron chi connectivity index (χ4n) is 1.57. The second kappa shape index (κ2) is 5.48. The summed E-state index contributed by atoms with van der Waals surface area (Å²) in [6.45, 7) is 0.00784. The summed E-state index contributed by atoms with van der Waals surface area (Å²) in [5.41, 5.74) is 0.548. The molecule has 0 atom stereocenters. The molecule has 0 saturated carbocycles. The number of nitrogens with one attached hydrogen (secondary N) is 1. The molecule has 1 nitrogen and oxygen atoms in total. The van der Waals surface area contributed by atoms with E-state index in [-0.39, 0.29) is 17.1 Å². The lowest BCUT2D eigenvalue weighted by Crippen LogP contribution is -2.02. The fourth-order valence-corrected chi connectivity index (χ4v) is 1.79. The highest BCUT2D eigenvalue weighted by molar-refractivity contribution is 6.30. The first kappa shape index (κ1) is 13.7. The Bertz CT molecular complexity index is 572. The Morgan fingerprint density at radius 2 is 1.53 bits per heavy atom. The van der Waals surface area contributed by atoms with E-state index in [9.17, 15) is 17.6 Å². The van der Waals surface area contributed by atoms with Gasteiger partial charge in [-0.2, -0.15) is 0 Å². The van der Waals surface area contributed by atoms with Crippen molar-refractivity contribution in [2.24, 2.45) is 0 Å². The maximum atomic E-state index is 13.0. The molecule has 19 heavy (non-hydrogen) atoms. The molecule has 0 aliphatic carbocycles. The van der Waals surface area contributed by atoms with Gasteiger partial charge < -0.3 is 5.32 Å². The van der Waals surface area contributed by atoms with Gasteiger partial charge in [0.25, 0.3) is 0 Å². The third-order valence-electron chi connectivity index (χ3n) is 2.40. The minimum atomic E-state index is -1.52. The van der Waals surface area contributed by atoms with E-state index in [1.165, 1.54) is 12.1 Å². The summed E-state index contributed by atoms with van der Waals surface area (Å²) in [5.74, 6) is -4.59. The minimum absolute atomic E-state index is 0.00784. The molecule has 0 aliphatic heterocycles. The van der Waals surface area contributed by atoms with Crippen LogP contribution in [-0.4, -0.2) is 0 Å². The van der Waals surface area contributed by atoms with Gasteiger partial charge in [0.1, 0.15) is 5.82 Å². The number of hydrogen-bond acceptors (Lipinski definition) is 1. The van der Waals surface area contributed by atoms with Crippen molar-refractivity contribution in [3.05, 3.63) is 64.2 Å². The molecule has 100 valence electrons. The van der Waals surface area contributed by atoms with Gasteiger partial charge in [-0.3, -0.25) is 0 Å². The van der Waals surface area contributed by atoms with Crippen LogP contribution in [0.5, 0.6) is 0 Å². The third kappa shape index (κ3) is 3.38. The van der Waals surface area contributed by atoms with Gasteiger partial charge in [-0.15, -0.1) is 0 Å². The van der Waals surface area contributed by atoms with Gasteiger partial charge in [0.2, 0.25) is 0 Å². The van der Waals surface area contributed by atoms with Crippen LogP contribution in [0, 0.1) is 23.3 Å². The molecule has 0 aromatic heterocycles. The van der Waals surface area contributed by atoms with Crippen LogP contribution in [0.4, 0.5) is 23.2 Å². The molecule has 1 N–H and O–H groups in total. The lowest BCUT2D eigenvalue weighted by Gasteiger charge is -2.08. The molecule has 0 heterocycles. The largest absolute Gasteiger partial charge is 0.381 e. The summed E-state index contributed by atoms with van der Waals surface area (Å²) in [7, 11) is 0. The van der Waals surface area contributed by atoms with Gasteiger partial charge in [-0.1, -0.05) is 11.6 Å². The van der Waals surface area contributed by atoms with Gasteiger partial charge in [0, 0.05) is 17.3 Å². The van der Waals surface area contributed by atoms with Crippen molar-refractivity contribution < 1.29 is 17.6 Å². The quantitative estimate of drug-likeness (QED) is 0.647. The van der Waals surface area contributed by atoms with Gasteiger partial charge in [-0.05, 0) is 35.9 Å². The van der Waals surface area contributed by atoms with E-state index in [2.05, 4.69) is 5.32 Å². The number of anilines is 1. The fraction of sp³-hybridized carbons (Fsp3) is 0.0769. The molecule has 2 aromatic carbocycles. The van der Waals surface area contributed by atoms with Gasteiger partial charge >= 0.3 is 0 Å². The van der Waals surface area contributed by atoms with E-state index in [1.807, 2.05) is 0 Å². The zero-order chi connectivity index (χ0) is 14.0. The van der Waals surface area contributed by atoms with Crippen molar-refractivity contribution in [2.75, 3.05) is 5.32 Å². The highest BCUT2D eigenvalue weighted by Gasteiger charge is 2.10. The first-order valence-electron chi connectivity index (χ1n) is 5.29. The molecule has 0 fully saturated rings. The molecular weight excluding hydrogens is 282 g/mol. The van der Waals surface area contributed by atoms with Crippen molar-refractivity contribution in [1.29, 1.82) is 0 Å². The molecule has 0 spiro atoms. The Morgan fingerprint density at radius 1 is 0.895 bits per heavy atom. The molecule has 0 amide bonds. The predicted octanol–water partition coefficient (Wildman–Crippen LogP) is 4.51. The monoisotopic (exact) mass is 289 g/mol. The lowest BCUT2D eigenvalue weighted by atomic mass is 10.2. The average molecular weight is 290 g/mol. The first-order chi connectivity index (χ1) is 8.95. The summed E-state index contributed by atoms with van der Waals surface area (Å²) in [4.78, 5) is 0. The number of rotatable bonds is 3. The van der Waals surface area contributed by atoms with Crippen molar-refractivity contribution in [2.45, 2.75) is 6.54 Å². The highest BCUT2D eigenvalue weighted by Crippen LogP contribution is 2.19. The van der Waals surface area contributed by atoms with Crippen LogP contribution in [0.1, 0.15) is 5.56 Å². The highest BCUT2D eigenvalue weighted by atomic mass is 35.5. The van der Waals surface area contributed by atoms with E-state index < -0.39 is 23.3 Å². The lowest BCUT2D eigenvalue weighted by molar-refractivity contribution is 0.445. The van der Waals surface area contributed by atoms with Crippen molar-refractivity contribution in [3.8, 4) is 0 Å². The number of halogens is 5. The maximum absolute atomic E-state index is 13.0. The van der Waals surface area contributed by atoms with Crippen molar-refractivity contribution in [1.82, 2.24) is 0 Å². The van der Waals surface area contributed by atoms with Gasteiger partial charge in [0.15, 0.2) is 17.5 Å². The standard InChI is InChI=1S/C13H8ClF4N/c14-8-3-9(15)5-10(4-8)19-6-7-1-11(16)13(18)12(17)2-7/h1-5,19H,6H2. The molecule has 2 aromatic rings. The Labute approximate surface area is 111 Å². The maximum Gasteiger partial charge on any atom is 0.194 e. The SMILES string of the molecule is Fc1cc(Cl)cc(NCc2cc(F)c(F)c(F)c2)c1. The van der Waals surface area contributed by atoms with Crippen molar-refractivity contribution in [3.63, 3.8) is 0 Å². The molecular formula is C13H8ClF4N. The Balaban J connectivity index is 2.14.